The standard InChI is InChI=1S/C18H10ClF4N3O2S/c19-11-4-1-9(2-5-11)14-8-29-17(25-14)26-15(27)10-3-6-12(20)13(7-10)24-16(28)18(21,22)23/h1-8H,(H,24,28)(H,25,26,27). The van der Waals surface area contributed by atoms with Gasteiger partial charge in [-0.2, -0.15) is 13.2 Å². The van der Waals surface area contributed by atoms with Gasteiger partial charge in [-0.3, -0.25) is 14.9 Å². The minimum atomic E-state index is -5.19. The molecule has 3 rings (SSSR count). The van der Waals surface area contributed by atoms with E-state index in [1.165, 1.54) is 5.32 Å². The predicted molar refractivity (Wildman–Crippen MR) is 102 cm³/mol. The second-order valence-electron chi connectivity index (χ2n) is 5.65. The molecule has 0 unspecified atom stereocenters. The molecule has 0 atom stereocenters. The number of aromatic nitrogens is 1. The average molecular weight is 444 g/mol. The molecule has 0 saturated carbocycles. The van der Waals surface area contributed by atoms with E-state index in [4.69, 9.17) is 11.6 Å². The van der Waals surface area contributed by atoms with Crippen molar-refractivity contribution in [2.75, 3.05) is 10.6 Å². The molecule has 1 aromatic heterocycles. The molecule has 0 saturated heterocycles. The van der Waals surface area contributed by atoms with Gasteiger partial charge < -0.3 is 5.32 Å². The van der Waals surface area contributed by atoms with Crippen LogP contribution < -0.4 is 10.6 Å². The molecule has 150 valence electrons. The fourth-order valence-electron chi connectivity index (χ4n) is 2.21. The largest absolute Gasteiger partial charge is 0.471 e. The molecule has 2 aromatic carbocycles. The number of hydrogen-bond donors (Lipinski definition) is 2. The normalized spacial score (nSPS) is 11.2. The van der Waals surface area contributed by atoms with Crippen LogP contribution in [0.15, 0.2) is 47.8 Å². The zero-order valence-corrected chi connectivity index (χ0v) is 15.8. The van der Waals surface area contributed by atoms with Crippen LogP contribution in [0.3, 0.4) is 0 Å². The van der Waals surface area contributed by atoms with Gasteiger partial charge in [-0.15, -0.1) is 11.3 Å². The Morgan fingerprint density at radius 1 is 1.03 bits per heavy atom. The number of carbonyl (C=O) groups excluding carboxylic acids is 2. The van der Waals surface area contributed by atoms with Crippen molar-refractivity contribution >= 4 is 45.6 Å². The van der Waals surface area contributed by atoms with Crippen molar-refractivity contribution in [1.29, 1.82) is 0 Å². The molecule has 2 amide bonds. The maximum atomic E-state index is 13.7. The Balaban J connectivity index is 1.75. The van der Waals surface area contributed by atoms with E-state index in [0.717, 1.165) is 35.1 Å². The van der Waals surface area contributed by atoms with Crippen LogP contribution in [0.25, 0.3) is 11.3 Å². The predicted octanol–water partition coefficient (Wildman–Crippen LogP) is 5.36. The number of amides is 2. The summed E-state index contributed by atoms with van der Waals surface area (Å²) < 4.78 is 50.7. The van der Waals surface area contributed by atoms with Crippen LogP contribution >= 0.6 is 22.9 Å². The fraction of sp³-hybridized carbons (Fsp3) is 0.0556. The van der Waals surface area contributed by atoms with E-state index in [1.807, 2.05) is 0 Å². The number of halogens is 5. The van der Waals surface area contributed by atoms with E-state index in [-0.39, 0.29) is 10.7 Å². The maximum Gasteiger partial charge on any atom is 0.471 e. The molecule has 0 bridgehead atoms. The van der Waals surface area contributed by atoms with E-state index in [0.29, 0.717) is 10.7 Å². The summed E-state index contributed by atoms with van der Waals surface area (Å²) in [5, 5.41) is 6.35. The summed E-state index contributed by atoms with van der Waals surface area (Å²) in [5.41, 5.74) is 0.428. The number of alkyl halides is 3. The molecule has 0 aliphatic rings. The van der Waals surface area contributed by atoms with Crippen LogP contribution in [0, 0.1) is 5.82 Å². The van der Waals surface area contributed by atoms with Gasteiger partial charge in [0, 0.05) is 21.5 Å². The van der Waals surface area contributed by atoms with Crippen molar-refractivity contribution in [1.82, 2.24) is 4.98 Å². The molecule has 0 fully saturated rings. The first kappa shape index (κ1) is 20.7. The highest BCUT2D eigenvalue weighted by atomic mass is 35.5. The summed E-state index contributed by atoms with van der Waals surface area (Å²) in [6.45, 7) is 0. The monoisotopic (exact) mass is 443 g/mol. The van der Waals surface area contributed by atoms with Gasteiger partial charge >= 0.3 is 12.1 Å². The molecule has 0 radical (unpaired) electrons. The smallest absolute Gasteiger partial charge is 0.316 e. The Hall–Kier alpha value is -2.98. The number of nitrogens with zero attached hydrogens (tertiary/aromatic N) is 1. The van der Waals surface area contributed by atoms with Gasteiger partial charge in [-0.1, -0.05) is 23.7 Å². The van der Waals surface area contributed by atoms with Crippen LogP contribution in [0.1, 0.15) is 10.4 Å². The molecule has 0 aliphatic carbocycles. The van der Waals surface area contributed by atoms with Gasteiger partial charge in [0.1, 0.15) is 5.82 Å². The Morgan fingerprint density at radius 2 is 1.72 bits per heavy atom. The lowest BCUT2D eigenvalue weighted by atomic mass is 10.1. The zero-order chi connectivity index (χ0) is 21.2. The van der Waals surface area contributed by atoms with E-state index < -0.39 is 29.5 Å². The zero-order valence-electron chi connectivity index (χ0n) is 14.2. The van der Waals surface area contributed by atoms with Crippen LogP contribution in [0.5, 0.6) is 0 Å². The number of hydrogen-bond acceptors (Lipinski definition) is 4. The lowest BCUT2D eigenvalue weighted by Crippen LogP contribution is -2.30. The first-order valence-corrected chi connectivity index (χ1v) is 9.10. The number of rotatable bonds is 4. The molecule has 11 heteroatoms. The Kier molecular flexibility index (Phi) is 5.85. The summed E-state index contributed by atoms with van der Waals surface area (Å²) in [5.74, 6) is -4.19. The van der Waals surface area contributed by atoms with Gasteiger partial charge in [0.25, 0.3) is 5.91 Å². The third-order valence-corrected chi connectivity index (χ3v) is 4.61. The number of nitrogens with one attached hydrogen (secondary N) is 2. The second kappa shape index (κ2) is 8.18. The lowest BCUT2D eigenvalue weighted by molar-refractivity contribution is -0.167. The summed E-state index contributed by atoms with van der Waals surface area (Å²) >= 11 is 6.96. The van der Waals surface area contributed by atoms with Gasteiger partial charge in [-0.25, -0.2) is 9.37 Å². The average Bonchev–Trinajstić information content (AvgIpc) is 3.11. The molecule has 0 spiro atoms. The van der Waals surface area contributed by atoms with Crippen molar-refractivity contribution in [3.05, 3.63) is 64.2 Å². The highest BCUT2D eigenvalue weighted by molar-refractivity contribution is 7.14. The molecule has 29 heavy (non-hydrogen) atoms. The van der Waals surface area contributed by atoms with Crippen molar-refractivity contribution < 1.29 is 27.2 Å². The van der Waals surface area contributed by atoms with Crippen LogP contribution in [-0.4, -0.2) is 23.0 Å². The van der Waals surface area contributed by atoms with Crippen LogP contribution in [0.2, 0.25) is 5.02 Å². The number of anilines is 2. The molecule has 1 heterocycles. The Labute approximate surface area is 170 Å². The third kappa shape index (κ3) is 5.09. The van der Waals surface area contributed by atoms with Gasteiger partial charge in [0.15, 0.2) is 5.13 Å². The first-order valence-electron chi connectivity index (χ1n) is 7.84. The van der Waals surface area contributed by atoms with Gasteiger partial charge in [0.2, 0.25) is 0 Å². The maximum absolute atomic E-state index is 13.7. The van der Waals surface area contributed by atoms with Crippen molar-refractivity contribution in [2.24, 2.45) is 0 Å². The minimum Gasteiger partial charge on any atom is -0.316 e. The summed E-state index contributed by atoms with van der Waals surface area (Å²) in [6.07, 6.45) is -5.19. The van der Waals surface area contributed by atoms with Crippen LogP contribution in [-0.2, 0) is 4.79 Å². The number of thiazole rings is 1. The summed E-state index contributed by atoms with van der Waals surface area (Å²) in [6, 6.07) is 9.52. The number of carbonyl (C=O) groups is 2. The van der Waals surface area contributed by atoms with Crippen molar-refractivity contribution in [2.45, 2.75) is 6.18 Å². The van der Waals surface area contributed by atoms with Crippen molar-refractivity contribution in [3.8, 4) is 11.3 Å². The summed E-state index contributed by atoms with van der Waals surface area (Å²) in [7, 11) is 0. The fourth-order valence-corrected chi connectivity index (χ4v) is 3.05. The quantitative estimate of drug-likeness (QED) is 0.533. The minimum absolute atomic E-state index is 0.160. The van der Waals surface area contributed by atoms with E-state index >= 15 is 0 Å². The first-order chi connectivity index (χ1) is 13.6. The van der Waals surface area contributed by atoms with Crippen molar-refractivity contribution in [3.63, 3.8) is 0 Å². The molecule has 2 N–H and O–H groups in total. The second-order valence-corrected chi connectivity index (χ2v) is 6.94. The highest BCUT2D eigenvalue weighted by Gasteiger charge is 2.39. The third-order valence-electron chi connectivity index (χ3n) is 3.60. The SMILES string of the molecule is O=C(Nc1nc(-c2ccc(Cl)cc2)cs1)c1ccc(F)c(NC(=O)C(F)(F)F)c1. The van der Waals surface area contributed by atoms with E-state index in [1.54, 1.807) is 29.6 Å². The molecular weight excluding hydrogens is 434 g/mol. The molecule has 3 aromatic rings. The lowest BCUT2D eigenvalue weighted by Gasteiger charge is -2.10. The van der Waals surface area contributed by atoms with E-state index in [9.17, 15) is 27.2 Å². The highest BCUT2D eigenvalue weighted by Crippen LogP contribution is 2.27. The Morgan fingerprint density at radius 3 is 2.38 bits per heavy atom. The number of benzene rings is 2. The Bertz CT molecular complexity index is 1070. The molecule has 0 aliphatic heterocycles. The van der Waals surface area contributed by atoms with Gasteiger partial charge in [0.05, 0.1) is 11.4 Å². The summed E-state index contributed by atoms with van der Waals surface area (Å²) in [4.78, 5) is 27.6. The van der Waals surface area contributed by atoms with Crippen LogP contribution in [0.4, 0.5) is 28.4 Å². The van der Waals surface area contributed by atoms with E-state index in [2.05, 4.69) is 10.3 Å². The molecular formula is C18H10ClF4N3O2S. The van der Waals surface area contributed by atoms with Gasteiger partial charge in [-0.05, 0) is 30.3 Å². The molecule has 5 nitrogen and oxygen atoms in total. The topological polar surface area (TPSA) is 71.1 Å².